The third-order valence-corrected chi connectivity index (χ3v) is 6.01. The fourth-order valence-corrected chi connectivity index (χ4v) is 4.41. The predicted octanol–water partition coefficient (Wildman–Crippen LogP) is 5.62. The van der Waals surface area contributed by atoms with Crippen LogP contribution in [0.4, 0.5) is 10.6 Å². The van der Waals surface area contributed by atoms with Gasteiger partial charge in [0.25, 0.3) is 0 Å². The Morgan fingerprint density at radius 3 is 2.48 bits per heavy atom. The predicted molar refractivity (Wildman–Crippen MR) is 132 cm³/mol. The summed E-state index contributed by atoms with van der Waals surface area (Å²) in [5.74, 6) is 0.706. The molecule has 2 heterocycles. The van der Waals surface area contributed by atoms with Gasteiger partial charge in [-0.1, -0.05) is 37.0 Å². The van der Waals surface area contributed by atoms with E-state index in [0.717, 1.165) is 22.6 Å². The highest BCUT2D eigenvalue weighted by molar-refractivity contribution is 6.36. The SMILES string of the molecule is CCOC1CN(C(=O)OC(C)C)CC1Nc1nc(CC)c(-c2ccc(Cl)cc2Cl)nc1CC. The molecule has 1 fully saturated rings. The van der Waals surface area contributed by atoms with Crippen LogP contribution in [0.3, 0.4) is 0 Å². The van der Waals surface area contributed by atoms with Crippen molar-refractivity contribution in [3.8, 4) is 11.3 Å². The first kappa shape index (κ1) is 25.5. The Balaban J connectivity index is 1.91. The van der Waals surface area contributed by atoms with Crippen molar-refractivity contribution >= 4 is 35.1 Å². The van der Waals surface area contributed by atoms with Gasteiger partial charge in [0.15, 0.2) is 0 Å². The summed E-state index contributed by atoms with van der Waals surface area (Å²) in [6.45, 7) is 11.2. The molecule has 180 valence electrons. The van der Waals surface area contributed by atoms with Gasteiger partial charge in [-0.2, -0.15) is 0 Å². The van der Waals surface area contributed by atoms with Gasteiger partial charge in [-0.3, -0.25) is 0 Å². The molecule has 0 bridgehead atoms. The molecular formula is C24H32Cl2N4O3. The quantitative estimate of drug-likeness (QED) is 0.512. The van der Waals surface area contributed by atoms with E-state index in [1.54, 1.807) is 17.0 Å². The van der Waals surface area contributed by atoms with Crippen molar-refractivity contribution in [1.82, 2.24) is 14.9 Å². The lowest BCUT2D eigenvalue weighted by molar-refractivity contribution is 0.0535. The molecule has 2 aromatic rings. The maximum absolute atomic E-state index is 12.5. The number of carbonyl (C=O) groups is 1. The molecule has 1 aromatic carbocycles. The van der Waals surface area contributed by atoms with Crippen molar-refractivity contribution in [2.24, 2.45) is 0 Å². The van der Waals surface area contributed by atoms with E-state index in [2.05, 4.69) is 5.32 Å². The largest absolute Gasteiger partial charge is 0.447 e. The standard InChI is InChI=1S/C24H32Cl2N4O3/c1-6-18-22(16-10-9-15(25)11-17(16)26)27-19(7-2)23(28-18)29-20-12-30(13-21(20)32-8-3)24(31)33-14(4)5/h9-11,14,20-21H,6-8,12-13H2,1-5H3,(H,28,29). The lowest BCUT2D eigenvalue weighted by Gasteiger charge is -2.22. The lowest BCUT2D eigenvalue weighted by atomic mass is 10.1. The smallest absolute Gasteiger partial charge is 0.410 e. The highest BCUT2D eigenvalue weighted by Gasteiger charge is 2.37. The van der Waals surface area contributed by atoms with Crippen LogP contribution in [-0.2, 0) is 22.3 Å². The Bertz CT molecular complexity index is 986. The first-order valence-electron chi connectivity index (χ1n) is 11.5. The fraction of sp³-hybridized carbons (Fsp3) is 0.542. The van der Waals surface area contributed by atoms with Crippen molar-refractivity contribution < 1.29 is 14.3 Å². The number of halogens is 2. The number of rotatable bonds is 8. The number of hydrogen-bond acceptors (Lipinski definition) is 6. The topological polar surface area (TPSA) is 76.6 Å². The molecule has 1 amide bonds. The summed E-state index contributed by atoms with van der Waals surface area (Å²) in [5.41, 5.74) is 3.23. The minimum atomic E-state index is -0.331. The molecule has 0 aliphatic carbocycles. The molecule has 1 aromatic heterocycles. The van der Waals surface area contributed by atoms with Gasteiger partial charge in [0, 0.05) is 23.7 Å². The second-order valence-electron chi connectivity index (χ2n) is 8.23. The zero-order valence-corrected chi connectivity index (χ0v) is 21.3. The van der Waals surface area contributed by atoms with E-state index in [-0.39, 0.29) is 24.3 Å². The Morgan fingerprint density at radius 1 is 1.15 bits per heavy atom. The van der Waals surface area contributed by atoms with Crippen molar-refractivity contribution in [3.63, 3.8) is 0 Å². The van der Waals surface area contributed by atoms with Gasteiger partial charge in [-0.15, -0.1) is 0 Å². The molecule has 0 saturated carbocycles. The Morgan fingerprint density at radius 2 is 1.88 bits per heavy atom. The van der Waals surface area contributed by atoms with Gasteiger partial charge in [-0.25, -0.2) is 14.8 Å². The number of carbonyl (C=O) groups excluding carboxylic acids is 1. The number of nitrogens with one attached hydrogen (secondary N) is 1. The molecule has 0 spiro atoms. The molecule has 1 aliphatic rings. The Labute approximate surface area is 205 Å². The van der Waals surface area contributed by atoms with Gasteiger partial charge in [-0.05, 0) is 51.8 Å². The van der Waals surface area contributed by atoms with Crippen LogP contribution in [-0.4, -0.2) is 58.9 Å². The average Bonchev–Trinajstić information content (AvgIpc) is 3.16. The van der Waals surface area contributed by atoms with E-state index >= 15 is 0 Å². The summed E-state index contributed by atoms with van der Waals surface area (Å²) in [5, 5.41) is 4.63. The zero-order chi connectivity index (χ0) is 24.1. The van der Waals surface area contributed by atoms with Crippen LogP contribution in [0.5, 0.6) is 0 Å². The third-order valence-electron chi connectivity index (χ3n) is 5.46. The van der Waals surface area contributed by atoms with Gasteiger partial charge in [0.2, 0.25) is 0 Å². The van der Waals surface area contributed by atoms with E-state index in [1.807, 2.05) is 40.7 Å². The number of likely N-dealkylation sites (tertiary alicyclic amines) is 1. The third kappa shape index (κ3) is 6.08. The summed E-state index contributed by atoms with van der Waals surface area (Å²) in [4.78, 5) is 24.0. The Kier molecular flexibility index (Phi) is 8.79. The molecule has 3 rings (SSSR count). The normalized spacial score (nSPS) is 18.1. The molecule has 2 unspecified atom stereocenters. The average molecular weight is 495 g/mol. The number of nitrogens with zero attached hydrogens (tertiary/aromatic N) is 3. The van der Waals surface area contributed by atoms with Gasteiger partial charge in [0.1, 0.15) is 5.82 Å². The first-order chi connectivity index (χ1) is 15.8. The van der Waals surface area contributed by atoms with Crippen molar-refractivity contribution in [1.29, 1.82) is 0 Å². The summed E-state index contributed by atoms with van der Waals surface area (Å²) < 4.78 is 11.3. The highest BCUT2D eigenvalue weighted by Crippen LogP contribution is 2.33. The fourth-order valence-electron chi connectivity index (χ4n) is 3.91. The van der Waals surface area contributed by atoms with Gasteiger partial charge < -0.3 is 19.7 Å². The van der Waals surface area contributed by atoms with Gasteiger partial charge in [0.05, 0.1) is 46.9 Å². The lowest BCUT2D eigenvalue weighted by Crippen LogP contribution is -2.35. The number of benzene rings is 1. The minimum Gasteiger partial charge on any atom is -0.447 e. The summed E-state index contributed by atoms with van der Waals surface area (Å²) in [6, 6.07) is 5.27. The second-order valence-corrected chi connectivity index (χ2v) is 9.07. The van der Waals surface area contributed by atoms with Crippen molar-refractivity contribution in [3.05, 3.63) is 39.6 Å². The van der Waals surface area contributed by atoms with Crippen LogP contribution in [0, 0.1) is 0 Å². The summed E-state index contributed by atoms with van der Waals surface area (Å²) >= 11 is 12.5. The van der Waals surface area contributed by atoms with Crippen LogP contribution in [0.15, 0.2) is 18.2 Å². The molecule has 1 saturated heterocycles. The van der Waals surface area contributed by atoms with Crippen LogP contribution in [0.2, 0.25) is 10.0 Å². The van der Waals surface area contributed by atoms with Crippen LogP contribution in [0.1, 0.15) is 46.0 Å². The van der Waals surface area contributed by atoms with Crippen LogP contribution >= 0.6 is 23.2 Å². The summed E-state index contributed by atoms with van der Waals surface area (Å²) in [7, 11) is 0. The highest BCUT2D eigenvalue weighted by atomic mass is 35.5. The van der Waals surface area contributed by atoms with E-state index in [4.69, 9.17) is 42.6 Å². The van der Waals surface area contributed by atoms with E-state index in [1.165, 1.54) is 0 Å². The molecule has 1 N–H and O–H groups in total. The van der Waals surface area contributed by atoms with E-state index in [0.29, 0.717) is 48.4 Å². The molecule has 7 nitrogen and oxygen atoms in total. The molecule has 2 atom stereocenters. The van der Waals surface area contributed by atoms with Crippen LogP contribution < -0.4 is 5.32 Å². The van der Waals surface area contributed by atoms with Crippen molar-refractivity contribution in [2.45, 2.75) is 65.7 Å². The maximum Gasteiger partial charge on any atom is 0.410 e. The minimum absolute atomic E-state index is 0.126. The number of ether oxygens (including phenoxy) is 2. The zero-order valence-electron chi connectivity index (χ0n) is 19.8. The van der Waals surface area contributed by atoms with E-state index < -0.39 is 0 Å². The van der Waals surface area contributed by atoms with Crippen molar-refractivity contribution in [2.75, 3.05) is 25.0 Å². The number of hydrogen-bond donors (Lipinski definition) is 1. The molecular weight excluding hydrogens is 463 g/mol. The monoisotopic (exact) mass is 494 g/mol. The molecule has 33 heavy (non-hydrogen) atoms. The van der Waals surface area contributed by atoms with Gasteiger partial charge >= 0.3 is 6.09 Å². The van der Waals surface area contributed by atoms with E-state index in [9.17, 15) is 4.79 Å². The number of amides is 1. The molecule has 1 aliphatic heterocycles. The number of aromatic nitrogens is 2. The molecule has 0 radical (unpaired) electrons. The number of aryl methyl sites for hydroxylation is 2. The maximum atomic E-state index is 12.5. The first-order valence-corrected chi connectivity index (χ1v) is 12.2. The summed E-state index contributed by atoms with van der Waals surface area (Å²) in [6.07, 6.45) is 0.695. The number of anilines is 1. The second kappa shape index (κ2) is 11.4. The molecule has 9 heteroatoms. The van der Waals surface area contributed by atoms with Crippen LogP contribution in [0.25, 0.3) is 11.3 Å². The Hall–Kier alpha value is -2.09.